The number of pyridine rings is 2. The van der Waals surface area contributed by atoms with Gasteiger partial charge < -0.3 is 24.3 Å². The number of likely N-dealkylation sites (tertiary alicyclic amines) is 1. The molecule has 2 saturated heterocycles. The fourth-order valence-corrected chi connectivity index (χ4v) is 5.29. The molecule has 0 radical (unpaired) electrons. The van der Waals surface area contributed by atoms with Gasteiger partial charge in [-0.3, -0.25) is 14.8 Å². The Kier molecular flexibility index (Phi) is 8.45. The molecule has 10 heteroatoms. The summed E-state index contributed by atoms with van der Waals surface area (Å²) < 4.78 is 25.7. The molecule has 1 atom stereocenters. The molecule has 2 fully saturated rings. The van der Waals surface area contributed by atoms with Crippen LogP contribution in [0.25, 0.3) is 33.6 Å². The number of alkyl halides is 1. The van der Waals surface area contributed by atoms with Gasteiger partial charge in [0.25, 0.3) is 5.91 Å². The number of aromatic nitrogens is 2. The maximum atomic E-state index is 13.8. The third-order valence-electron chi connectivity index (χ3n) is 7.28. The smallest absolute Gasteiger partial charge is 0.272 e. The fraction of sp³-hybridized carbons (Fsp3) is 0.355. The van der Waals surface area contributed by atoms with E-state index in [2.05, 4.69) is 21.4 Å². The van der Waals surface area contributed by atoms with E-state index in [1.54, 1.807) is 36.5 Å². The Morgan fingerprint density at radius 3 is 2.59 bits per heavy atom. The highest BCUT2D eigenvalue weighted by Gasteiger charge is 2.25. The van der Waals surface area contributed by atoms with Crippen LogP contribution >= 0.6 is 0 Å². The van der Waals surface area contributed by atoms with Crippen molar-refractivity contribution in [1.29, 1.82) is 5.26 Å². The number of nitrogens with one attached hydrogen (secondary N) is 1. The fourth-order valence-electron chi connectivity index (χ4n) is 5.29. The number of anilines is 1. The second kappa shape index (κ2) is 12.4. The highest BCUT2D eigenvalue weighted by Crippen LogP contribution is 2.38. The van der Waals surface area contributed by atoms with Gasteiger partial charge in [-0.1, -0.05) is 6.07 Å². The summed E-state index contributed by atoms with van der Waals surface area (Å²) in [5, 5.41) is 12.6. The molecule has 0 unspecified atom stereocenters. The summed E-state index contributed by atoms with van der Waals surface area (Å²) in [6, 6.07) is 13.1. The van der Waals surface area contributed by atoms with Crippen molar-refractivity contribution >= 4 is 22.7 Å². The van der Waals surface area contributed by atoms with Gasteiger partial charge in [-0.15, -0.1) is 0 Å². The van der Waals surface area contributed by atoms with Gasteiger partial charge in [-0.05, 0) is 57.1 Å². The molecular formula is C31H33FN6O3. The van der Waals surface area contributed by atoms with Crippen LogP contribution in [0.3, 0.4) is 0 Å². The quantitative estimate of drug-likeness (QED) is 0.364. The zero-order chi connectivity index (χ0) is 28.9. The maximum Gasteiger partial charge on any atom is 0.272 e. The molecule has 0 bridgehead atoms. The summed E-state index contributed by atoms with van der Waals surface area (Å²) >= 11 is 0. The standard InChI is InChI=1S/C29H26FN5O3.C2H7N/c1-37-26-14-24(29(36)34-9-2-3-10-34)33-16-22(26)27-13-23-28(38-27)21(6-8-32-23)18-4-5-25(19(12-18)15-31)35-11-7-20(30)17-35;1-3-2/h4-6,8,12-14,16,20H,2-3,7,9-11,17H2,1H3;3H,1-2H3/t20-;/m1./s1. The van der Waals surface area contributed by atoms with Gasteiger partial charge in [0, 0.05) is 56.3 Å². The van der Waals surface area contributed by atoms with Gasteiger partial charge >= 0.3 is 0 Å². The molecule has 1 N–H and O–H groups in total. The number of halogens is 1. The molecule has 0 saturated carbocycles. The highest BCUT2D eigenvalue weighted by molar-refractivity contribution is 5.95. The molecule has 2 aliphatic rings. The monoisotopic (exact) mass is 556 g/mol. The van der Waals surface area contributed by atoms with E-state index in [0.29, 0.717) is 58.9 Å². The van der Waals surface area contributed by atoms with Crippen LogP contribution in [-0.4, -0.2) is 74.3 Å². The SMILES string of the molecule is CNC.COc1cc(C(=O)N2CCCC2)ncc1-c1cc2nccc(-c3ccc(N4CC[C@@H](F)C4)c(C#N)c3)c2o1. The third kappa shape index (κ3) is 5.72. The molecule has 6 rings (SSSR count). The van der Waals surface area contributed by atoms with Crippen LogP contribution in [0.4, 0.5) is 10.1 Å². The number of ether oxygens (including phenoxy) is 1. The summed E-state index contributed by atoms with van der Waals surface area (Å²) in [6.07, 6.45) is 4.89. The second-order valence-corrected chi connectivity index (χ2v) is 10.1. The van der Waals surface area contributed by atoms with Crippen LogP contribution in [0.15, 0.2) is 53.2 Å². The summed E-state index contributed by atoms with van der Waals surface area (Å²) in [7, 11) is 5.30. The van der Waals surface area contributed by atoms with Gasteiger partial charge in [0.05, 0.1) is 23.9 Å². The molecule has 5 heterocycles. The zero-order valence-electron chi connectivity index (χ0n) is 23.5. The van der Waals surface area contributed by atoms with Crippen LogP contribution in [0, 0.1) is 11.3 Å². The number of fused-ring (bicyclic) bond motifs is 1. The number of hydrogen-bond acceptors (Lipinski definition) is 8. The van der Waals surface area contributed by atoms with Crippen molar-refractivity contribution in [2.45, 2.75) is 25.4 Å². The van der Waals surface area contributed by atoms with Crippen LogP contribution in [0.2, 0.25) is 0 Å². The molecule has 1 amide bonds. The number of hydrogen-bond donors (Lipinski definition) is 1. The van der Waals surface area contributed by atoms with Crippen molar-refractivity contribution in [3.05, 3.63) is 60.0 Å². The van der Waals surface area contributed by atoms with E-state index in [1.165, 1.54) is 0 Å². The van der Waals surface area contributed by atoms with Crippen LogP contribution in [0.5, 0.6) is 5.75 Å². The van der Waals surface area contributed by atoms with E-state index in [-0.39, 0.29) is 5.91 Å². The van der Waals surface area contributed by atoms with E-state index in [9.17, 15) is 14.4 Å². The summed E-state index contributed by atoms with van der Waals surface area (Å²) in [5.74, 6) is 0.886. The average Bonchev–Trinajstić information content (AvgIpc) is 3.77. The predicted molar refractivity (Wildman–Crippen MR) is 156 cm³/mol. The van der Waals surface area contributed by atoms with Gasteiger partial charge in [0.2, 0.25) is 0 Å². The van der Waals surface area contributed by atoms with E-state index < -0.39 is 6.17 Å². The van der Waals surface area contributed by atoms with Crippen LogP contribution in [-0.2, 0) is 0 Å². The number of rotatable bonds is 5. The van der Waals surface area contributed by atoms with Gasteiger partial charge in [-0.2, -0.15) is 5.26 Å². The number of carbonyl (C=O) groups excluding carboxylic acids is 1. The minimum Gasteiger partial charge on any atom is -0.496 e. The molecule has 41 heavy (non-hydrogen) atoms. The van der Waals surface area contributed by atoms with Crippen molar-refractivity contribution in [2.75, 3.05) is 52.3 Å². The Morgan fingerprint density at radius 2 is 1.90 bits per heavy atom. The van der Waals surface area contributed by atoms with E-state index in [0.717, 1.165) is 42.7 Å². The predicted octanol–water partition coefficient (Wildman–Crippen LogP) is 5.06. The normalized spacial score (nSPS) is 16.4. The number of amides is 1. The van der Waals surface area contributed by atoms with Crippen molar-refractivity contribution in [1.82, 2.24) is 20.2 Å². The molecule has 4 aromatic rings. The second-order valence-electron chi connectivity index (χ2n) is 10.1. The first-order chi connectivity index (χ1) is 20.0. The first-order valence-corrected chi connectivity index (χ1v) is 13.7. The Balaban J connectivity index is 0.00000108. The van der Waals surface area contributed by atoms with E-state index >= 15 is 0 Å². The Hall–Kier alpha value is -4.49. The number of methoxy groups -OCH3 is 1. The zero-order valence-corrected chi connectivity index (χ0v) is 23.5. The van der Waals surface area contributed by atoms with Crippen LogP contribution in [0.1, 0.15) is 35.3 Å². The average molecular weight is 557 g/mol. The topological polar surface area (TPSA) is 108 Å². The first-order valence-electron chi connectivity index (χ1n) is 13.7. The minimum atomic E-state index is -0.874. The van der Waals surface area contributed by atoms with Gasteiger partial charge in [-0.25, -0.2) is 4.39 Å². The van der Waals surface area contributed by atoms with E-state index in [4.69, 9.17) is 9.15 Å². The molecule has 2 aliphatic heterocycles. The summed E-state index contributed by atoms with van der Waals surface area (Å²) in [5.41, 5.74) is 4.94. The highest BCUT2D eigenvalue weighted by atomic mass is 19.1. The molecule has 1 aromatic carbocycles. The number of benzene rings is 1. The molecule has 9 nitrogen and oxygen atoms in total. The van der Waals surface area contributed by atoms with Crippen molar-refractivity contribution in [3.8, 4) is 34.3 Å². The Bertz CT molecular complexity index is 1590. The van der Waals surface area contributed by atoms with Gasteiger partial charge in [0.1, 0.15) is 35.0 Å². The largest absolute Gasteiger partial charge is 0.496 e. The third-order valence-corrected chi connectivity index (χ3v) is 7.28. The van der Waals surface area contributed by atoms with Gasteiger partial charge in [0.15, 0.2) is 5.58 Å². The number of carbonyl (C=O) groups is 1. The van der Waals surface area contributed by atoms with Crippen molar-refractivity contribution in [2.24, 2.45) is 0 Å². The molecule has 3 aromatic heterocycles. The lowest BCUT2D eigenvalue weighted by atomic mass is 10.0. The summed E-state index contributed by atoms with van der Waals surface area (Å²) in [6.45, 7) is 2.37. The number of furan rings is 1. The number of nitriles is 1. The number of nitrogens with zero attached hydrogens (tertiary/aromatic N) is 5. The lowest BCUT2D eigenvalue weighted by Crippen LogP contribution is -2.28. The van der Waals surface area contributed by atoms with Crippen molar-refractivity contribution in [3.63, 3.8) is 0 Å². The maximum absolute atomic E-state index is 13.8. The minimum absolute atomic E-state index is 0.103. The molecular weight excluding hydrogens is 523 g/mol. The molecule has 0 spiro atoms. The first kappa shape index (κ1) is 28.1. The lowest BCUT2D eigenvalue weighted by molar-refractivity contribution is 0.0786. The lowest BCUT2D eigenvalue weighted by Gasteiger charge is -2.19. The summed E-state index contributed by atoms with van der Waals surface area (Å²) in [4.78, 5) is 25.4. The Labute approximate surface area is 238 Å². The molecule has 212 valence electrons. The Morgan fingerprint density at radius 1 is 1.12 bits per heavy atom. The van der Waals surface area contributed by atoms with Crippen molar-refractivity contribution < 1.29 is 18.3 Å². The van der Waals surface area contributed by atoms with Crippen LogP contribution < -0.4 is 15.0 Å². The molecule has 0 aliphatic carbocycles. The van der Waals surface area contributed by atoms with E-state index in [1.807, 2.05) is 43.3 Å².